The second-order valence-corrected chi connectivity index (χ2v) is 17.4. The number of hydrogen-bond donors (Lipinski definition) is 0. The molecule has 2 fully saturated rings. The van der Waals surface area contributed by atoms with Gasteiger partial charge in [-0.05, 0) is 62.2 Å². The fourth-order valence-electron chi connectivity index (χ4n) is 3.20. The van der Waals surface area contributed by atoms with E-state index in [-0.39, 0.29) is 30.3 Å². The first kappa shape index (κ1) is 23.5. The molecule has 0 N–H and O–H groups in total. The van der Waals surface area contributed by atoms with E-state index in [0.29, 0.717) is 17.8 Å². The molecule has 152 valence electrons. The van der Waals surface area contributed by atoms with E-state index < -0.39 is 38.7 Å². The van der Waals surface area contributed by atoms with Crippen LogP contribution in [-0.4, -0.2) is 10.9 Å². The average molecular weight is 481 g/mol. The largest absolute Gasteiger partial charge is 0.329 e. The molecular formula is C16H18F5OPS4. The Labute approximate surface area is 174 Å². The lowest BCUT2D eigenvalue weighted by Crippen LogP contribution is -2.39. The standard InChI is InChI=1S/C16H16F5OPS3.H2S/c1-7(2)8-4-5-16(3)9(6-8)22-23(24,26-16)25-15-13(20)11(18)10(17)12(19)14(15)21;/h8-9H,1,4-6H2,2-3H3;1H2/t8-,9-,16+,23-;/m1./s1. The van der Waals surface area contributed by atoms with Crippen molar-refractivity contribution >= 4 is 52.7 Å². The Balaban J connectivity index is 0.00000261. The van der Waals surface area contributed by atoms with Crippen molar-refractivity contribution < 1.29 is 26.5 Å². The third-order valence-electron chi connectivity index (χ3n) is 4.82. The van der Waals surface area contributed by atoms with Gasteiger partial charge < -0.3 is 4.52 Å². The lowest BCUT2D eigenvalue weighted by molar-refractivity contribution is 0.129. The van der Waals surface area contributed by atoms with Gasteiger partial charge in [-0.3, -0.25) is 0 Å². The molecule has 1 aromatic carbocycles. The maximum atomic E-state index is 14.0. The van der Waals surface area contributed by atoms with E-state index in [2.05, 4.69) is 6.58 Å². The number of fused-ring (bicyclic) bond motifs is 1. The SMILES string of the molecule is C=C(C)[C@@H]1CC[C@]2(C)S[P@](=S)(Sc3c(F)c(F)c(F)c(F)c3F)O[C@@H]2C1.S. The van der Waals surface area contributed by atoms with Crippen LogP contribution >= 0.6 is 40.9 Å². The van der Waals surface area contributed by atoms with Gasteiger partial charge in [0.05, 0.1) is 11.0 Å². The van der Waals surface area contributed by atoms with Gasteiger partial charge in [0, 0.05) is 4.75 Å². The molecule has 0 bridgehead atoms. The van der Waals surface area contributed by atoms with Gasteiger partial charge in [0.2, 0.25) is 5.82 Å². The summed E-state index contributed by atoms with van der Waals surface area (Å²) in [4.78, 5) is -0.962. The summed E-state index contributed by atoms with van der Waals surface area (Å²) in [6.07, 6.45) is 2.15. The number of allylic oxidation sites excluding steroid dienone is 1. The van der Waals surface area contributed by atoms with E-state index in [1.54, 1.807) is 0 Å². The first-order valence-electron chi connectivity index (χ1n) is 7.83. The van der Waals surface area contributed by atoms with E-state index in [1.165, 1.54) is 11.4 Å². The Morgan fingerprint density at radius 1 is 1.19 bits per heavy atom. The first-order valence-corrected chi connectivity index (χ1v) is 13.4. The third kappa shape index (κ3) is 4.26. The second-order valence-electron chi connectivity index (χ2n) is 6.75. The highest BCUT2D eigenvalue weighted by Crippen LogP contribution is 2.82. The zero-order valence-electron chi connectivity index (χ0n) is 14.5. The molecule has 0 amide bonds. The molecule has 1 aliphatic carbocycles. The van der Waals surface area contributed by atoms with E-state index in [0.717, 1.165) is 18.4 Å². The smallest absolute Gasteiger partial charge is 0.200 e. The Morgan fingerprint density at radius 2 is 1.70 bits per heavy atom. The maximum Gasteiger partial charge on any atom is 0.200 e. The van der Waals surface area contributed by atoms with Crippen molar-refractivity contribution in [1.29, 1.82) is 0 Å². The zero-order valence-corrected chi connectivity index (χ0v) is 18.8. The number of hydrogen-bond acceptors (Lipinski definition) is 4. The van der Waals surface area contributed by atoms with Crippen LogP contribution in [0.15, 0.2) is 17.0 Å². The average Bonchev–Trinajstić information content (AvgIpc) is 2.84. The van der Waals surface area contributed by atoms with Crippen LogP contribution in [0.4, 0.5) is 22.0 Å². The summed E-state index contributed by atoms with van der Waals surface area (Å²) >= 11 is 7.27. The summed E-state index contributed by atoms with van der Waals surface area (Å²) in [7, 11) is 0. The molecule has 1 aromatic rings. The number of rotatable bonds is 3. The molecule has 1 heterocycles. The normalized spacial score (nSPS) is 32.7. The lowest BCUT2D eigenvalue weighted by atomic mass is 9.77. The van der Waals surface area contributed by atoms with Gasteiger partial charge in [0.1, 0.15) is 0 Å². The minimum atomic E-state index is -2.93. The predicted molar refractivity (Wildman–Crippen MR) is 110 cm³/mol. The van der Waals surface area contributed by atoms with Crippen LogP contribution in [0, 0.1) is 35.0 Å². The number of halogens is 5. The molecule has 0 spiro atoms. The molecule has 1 aliphatic heterocycles. The van der Waals surface area contributed by atoms with E-state index >= 15 is 0 Å². The molecule has 0 unspecified atom stereocenters. The summed E-state index contributed by atoms with van der Waals surface area (Å²) in [6.45, 7) is 7.88. The van der Waals surface area contributed by atoms with Crippen molar-refractivity contribution in [1.82, 2.24) is 0 Å². The van der Waals surface area contributed by atoms with Gasteiger partial charge >= 0.3 is 0 Å². The molecule has 27 heavy (non-hydrogen) atoms. The van der Waals surface area contributed by atoms with Crippen LogP contribution in [0.1, 0.15) is 33.1 Å². The maximum absolute atomic E-state index is 14.0. The summed E-state index contributed by atoms with van der Waals surface area (Å²) in [5, 5.41) is 0. The second kappa shape index (κ2) is 8.19. The van der Waals surface area contributed by atoms with Gasteiger partial charge in [-0.1, -0.05) is 23.5 Å². The molecule has 0 aromatic heterocycles. The van der Waals surface area contributed by atoms with Gasteiger partial charge in [-0.25, -0.2) is 22.0 Å². The Morgan fingerprint density at radius 3 is 2.22 bits per heavy atom. The van der Waals surface area contributed by atoms with Crippen molar-refractivity contribution in [2.24, 2.45) is 5.92 Å². The van der Waals surface area contributed by atoms with Crippen LogP contribution in [0.2, 0.25) is 0 Å². The predicted octanol–water partition coefficient (Wildman–Crippen LogP) is 7.08. The molecule has 1 saturated heterocycles. The van der Waals surface area contributed by atoms with Gasteiger partial charge in [-0.2, -0.15) is 13.5 Å². The molecule has 3 rings (SSSR count). The fraction of sp³-hybridized carbons (Fsp3) is 0.500. The van der Waals surface area contributed by atoms with E-state index in [9.17, 15) is 22.0 Å². The number of benzene rings is 1. The third-order valence-corrected chi connectivity index (χ3v) is 13.8. The van der Waals surface area contributed by atoms with Crippen LogP contribution in [0.3, 0.4) is 0 Å². The summed E-state index contributed by atoms with van der Waals surface area (Å²) in [5.41, 5.74) is 1.04. The van der Waals surface area contributed by atoms with Crippen molar-refractivity contribution in [3.8, 4) is 0 Å². The highest BCUT2D eigenvalue weighted by atomic mass is 33.2. The van der Waals surface area contributed by atoms with Gasteiger partial charge in [0.25, 0.3) is 0 Å². The van der Waals surface area contributed by atoms with Crippen LogP contribution in [0.5, 0.6) is 0 Å². The monoisotopic (exact) mass is 480 g/mol. The van der Waals surface area contributed by atoms with Crippen molar-refractivity contribution in [3.63, 3.8) is 0 Å². The topological polar surface area (TPSA) is 9.23 Å². The molecular weight excluding hydrogens is 462 g/mol. The highest BCUT2D eigenvalue weighted by Gasteiger charge is 2.53. The molecule has 1 saturated carbocycles. The minimum Gasteiger partial charge on any atom is -0.329 e. The Hall–Kier alpha value is 0.270. The lowest BCUT2D eigenvalue weighted by Gasteiger charge is -2.37. The molecule has 1 nitrogen and oxygen atoms in total. The van der Waals surface area contributed by atoms with Gasteiger partial charge in [0.15, 0.2) is 27.9 Å². The van der Waals surface area contributed by atoms with Gasteiger partial charge in [-0.15, -0.1) is 0 Å². The first-order chi connectivity index (χ1) is 12.0. The van der Waals surface area contributed by atoms with Crippen molar-refractivity contribution in [2.45, 2.75) is 48.9 Å². The van der Waals surface area contributed by atoms with E-state index in [4.69, 9.17) is 16.3 Å². The molecule has 2 aliphatic rings. The van der Waals surface area contributed by atoms with Crippen LogP contribution in [-0.2, 0) is 16.3 Å². The van der Waals surface area contributed by atoms with Crippen LogP contribution in [0.25, 0.3) is 0 Å². The van der Waals surface area contributed by atoms with Crippen molar-refractivity contribution in [3.05, 3.63) is 41.2 Å². The van der Waals surface area contributed by atoms with Crippen LogP contribution < -0.4 is 0 Å². The Kier molecular flexibility index (Phi) is 7.14. The highest BCUT2D eigenvalue weighted by molar-refractivity contribution is 8.99. The minimum absolute atomic E-state index is 0. The zero-order chi connectivity index (χ0) is 19.4. The molecule has 0 radical (unpaired) electrons. The summed E-state index contributed by atoms with van der Waals surface area (Å²) < 4.78 is 70.9. The molecule has 4 atom stereocenters. The van der Waals surface area contributed by atoms with Crippen molar-refractivity contribution in [2.75, 3.05) is 0 Å². The fourth-order valence-corrected chi connectivity index (χ4v) is 14.9. The summed E-state index contributed by atoms with van der Waals surface area (Å²) in [6, 6.07) is 0. The van der Waals surface area contributed by atoms with E-state index in [1.807, 2.05) is 13.8 Å². The molecule has 11 heteroatoms. The Bertz CT molecular complexity index is 807. The summed E-state index contributed by atoms with van der Waals surface area (Å²) in [5.74, 6) is -9.56. The quantitative estimate of drug-likeness (QED) is 0.150.